The van der Waals surface area contributed by atoms with Gasteiger partial charge in [-0.15, -0.1) is 0 Å². The maximum absolute atomic E-state index is 12.2. The second-order valence-electron chi connectivity index (χ2n) is 4.09. The van der Waals surface area contributed by atoms with E-state index in [4.69, 9.17) is 16.3 Å². The van der Waals surface area contributed by atoms with Crippen LogP contribution < -0.4 is 0 Å². The molecule has 1 heterocycles. The van der Waals surface area contributed by atoms with Crippen LogP contribution in [0.2, 0.25) is 5.02 Å². The van der Waals surface area contributed by atoms with Crippen molar-refractivity contribution in [3.8, 4) is 0 Å². The van der Waals surface area contributed by atoms with E-state index in [0.29, 0.717) is 30.3 Å². The van der Waals surface area contributed by atoms with Crippen LogP contribution in [0.15, 0.2) is 22.7 Å². The van der Waals surface area contributed by atoms with E-state index in [1.54, 1.807) is 23.1 Å². The number of rotatable bonds is 1. The fourth-order valence-electron chi connectivity index (χ4n) is 1.86. The van der Waals surface area contributed by atoms with Gasteiger partial charge in [-0.2, -0.15) is 0 Å². The van der Waals surface area contributed by atoms with Crippen LogP contribution in [0, 0.1) is 0 Å². The van der Waals surface area contributed by atoms with E-state index in [2.05, 4.69) is 15.9 Å². The fraction of sp³-hybridized carbons (Fsp3) is 0.417. The molecule has 1 aliphatic rings. The summed E-state index contributed by atoms with van der Waals surface area (Å²) in [6.45, 7) is 3.82. The Morgan fingerprint density at radius 1 is 1.53 bits per heavy atom. The first-order valence-corrected chi connectivity index (χ1v) is 6.60. The summed E-state index contributed by atoms with van der Waals surface area (Å²) in [5.74, 6) is 0.00310. The third kappa shape index (κ3) is 3.21. The lowest BCUT2D eigenvalue weighted by Crippen LogP contribution is -2.44. The van der Waals surface area contributed by atoms with Gasteiger partial charge in [0.15, 0.2) is 0 Å². The predicted octanol–water partition coefficient (Wildman–Crippen LogP) is 2.96. The van der Waals surface area contributed by atoms with E-state index < -0.39 is 0 Å². The average Bonchev–Trinajstić information content (AvgIpc) is 2.26. The Morgan fingerprint density at radius 3 is 2.94 bits per heavy atom. The highest BCUT2D eigenvalue weighted by Crippen LogP contribution is 2.21. The fourth-order valence-corrected chi connectivity index (χ4v) is 2.72. The first-order valence-electron chi connectivity index (χ1n) is 5.43. The number of carbonyl (C=O) groups is 1. The molecule has 1 amide bonds. The molecule has 0 aliphatic carbocycles. The van der Waals surface area contributed by atoms with Crippen LogP contribution in [0.4, 0.5) is 0 Å². The first kappa shape index (κ1) is 12.9. The summed E-state index contributed by atoms with van der Waals surface area (Å²) in [7, 11) is 0. The second kappa shape index (κ2) is 5.38. The summed E-state index contributed by atoms with van der Waals surface area (Å²) in [5.41, 5.74) is 0.610. The van der Waals surface area contributed by atoms with Gasteiger partial charge < -0.3 is 9.64 Å². The van der Waals surface area contributed by atoms with Crippen molar-refractivity contribution in [2.24, 2.45) is 0 Å². The Hall–Kier alpha value is -0.580. The highest BCUT2D eigenvalue weighted by molar-refractivity contribution is 9.10. The number of carbonyl (C=O) groups excluding carboxylic acids is 1. The smallest absolute Gasteiger partial charge is 0.254 e. The van der Waals surface area contributed by atoms with Crippen LogP contribution in [0.3, 0.4) is 0 Å². The van der Waals surface area contributed by atoms with Crippen molar-refractivity contribution < 1.29 is 9.53 Å². The normalized spacial score (nSPS) is 20.4. The summed E-state index contributed by atoms with van der Waals surface area (Å²) < 4.78 is 6.23. The van der Waals surface area contributed by atoms with E-state index >= 15 is 0 Å². The summed E-state index contributed by atoms with van der Waals surface area (Å²) in [6, 6.07) is 5.24. The zero-order chi connectivity index (χ0) is 12.4. The number of nitrogens with zero attached hydrogens (tertiary/aromatic N) is 1. The van der Waals surface area contributed by atoms with Crippen molar-refractivity contribution in [1.29, 1.82) is 0 Å². The molecule has 1 aromatic carbocycles. The predicted molar refractivity (Wildman–Crippen MR) is 70.5 cm³/mol. The maximum atomic E-state index is 12.2. The molecule has 1 fully saturated rings. The third-order valence-electron chi connectivity index (χ3n) is 2.64. The van der Waals surface area contributed by atoms with Crippen molar-refractivity contribution in [3.05, 3.63) is 33.3 Å². The number of ether oxygens (including phenoxy) is 1. The maximum Gasteiger partial charge on any atom is 0.254 e. The molecular formula is C12H13BrClNO2. The van der Waals surface area contributed by atoms with E-state index in [0.717, 1.165) is 4.47 Å². The van der Waals surface area contributed by atoms with Gasteiger partial charge in [-0.3, -0.25) is 4.79 Å². The molecule has 0 bridgehead atoms. The highest BCUT2D eigenvalue weighted by atomic mass is 79.9. The minimum absolute atomic E-state index is 0.00310. The Kier molecular flexibility index (Phi) is 4.07. The van der Waals surface area contributed by atoms with Crippen molar-refractivity contribution >= 4 is 33.4 Å². The molecule has 0 radical (unpaired) electrons. The molecule has 92 valence electrons. The van der Waals surface area contributed by atoms with Gasteiger partial charge in [0.2, 0.25) is 0 Å². The van der Waals surface area contributed by atoms with Crippen molar-refractivity contribution in [2.75, 3.05) is 19.7 Å². The SMILES string of the molecule is C[C@H]1CN(C(=O)c2cc(Cl)cc(Br)c2)CCO1. The molecular weight excluding hydrogens is 305 g/mol. The Labute approximate surface area is 114 Å². The molecule has 0 saturated carbocycles. The number of amides is 1. The number of hydrogen-bond donors (Lipinski definition) is 0. The van der Waals surface area contributed by atoms with Crippen LogP contribution in [0.1, 0.15) is 17.3 Å². The quantitative estimate of drug-likeness (QED) is 0.797. The van der Waals surface area contributed by atoms with Crippen LogP contribution in [-0.4, -0.2) is 36.6 Å². The van der Waals surface area contributed by atoms with Gasteiger partial charge in [-0.1, -0.05) is 27.5 Å². The summed E-state index contributed by atoms with van der Waals surface area (Å²) in [4.78, 5) is 14.0. The zero-order valence-corrected chi connectivity index (χ0v) is 11.8. The lowest BCUT2D eigenvalue weighted by molar-refractivity contribution is -0.0124. The minimum Gasteiger partial charge on any atom is -0.375 e. The van der Waals surface area contributed by atoms with Crippen molar-refractivity contribution in [2.45, 2.75) is 13.0 Å². The van der Waals surface area contributed by atoms with Crippen LogP contribution in [-0.2, 0) is 4.74 Å². The van der Waals surface area contributed by atoms with Crippen LogP contribution in [0.5, 0.6) is 0 Å². The van der Waals surface area contributed by atoms with Gasteiger partial charge in [0, 0.05) is 28.1 Å². The molecule has 1 aliphatic heterocycles. The molecule has 5 heteroatoms. The molecule has 0 aromatic heterocycles. The number of hydrogen-bond acceptors (Lipinski definition) is 2. The monoisotopic (exact) mass is 317 g/mol. The highest BCUT2D eigenvalue weighted by Gasteiger charge is 2.22. The van der Waals surface area contributed by atoms with Gasteiger partial charge in [0.05, 0.1) is 12.7 Å². The number of morpholine rings is 1. The molecule has 17 heavy (non-hydrogen) atoms. The topological polar surface area (TPSA) is 29.5 Å². The molecule has 2 rings (SSSR count). The standard InChI is InChI=1S/C12H13BrClNO2/c1-8-7-15(2-3-17-8)12(16)9-4-10(13)6-11(14)5-9/h4-6,8H,2-3,7H2,1H3/t8-/m0/s1. The molecule has 0 N–H and O–H groups in total. The van der Waals surface area contributed by atoms with Crippen molar-refractivity contribution in [1.82, 2.24) is 4.90 Å². The summed E-state index contributed by atoms with van der Waals surface area (Å²) in [5, 5.41) is 0.559. The second-order valence-corrected chi connectivity index (χ2v) is 5.44. The van der Waals surface area contributed by atoms with Crippen molar-refractivity contribution in [3.63, 3.8) is 0 Å². The summed E-state index contributed by atoms with van der Waals surface area (Å²) >= 11 is 9.27. The van der Waals surface area contributed by atoms with Crippen LogP contribution >= 0.6 is 27.5 Å². The van der Waals surface area contributed by atoms with E-state index in [1.165, 1.54) is 0 Å². The molecule has 1 atom stereocenters. The number of halogens is 2. The van der Waals surface area contributed by atoms with E-state index in [1.807, 2.05) is 6.92 Å². The summed E-state index contributed by atoms with van der Waals surface area (Å²) in [6.07, 6.45) is 0.0929. The molecule has 0 unspecified atom stereocenters. The number of benzene rings is 1. The average molecular weight is 319 g/mol. The zero-order valence-electron chi connectivity index (χ0n) is 9.45. The van der Waals surface area contributed by atoms with Gasteiger partial charge >= 0.3 is 0 Å². The Bertz CT molecular complexity index is 418. The lowest BCUT2D eigenvalue weighted by Gasteiger charge is -2.31. The van der Waals surface area contributed by atoms with E-state index in [9.17, 15) is 4.79 Å². The van der Waals surface area contributed by atoms with Gasteiger partial charge in [-0.25, -0.2) is 0 Å². The largest absolute Gasteiger partial charge is 0.375 e. The minimum atomic E-state index is 0.00310. The van der Waals surface area contributed by atoms with Crippen LogP contribution in [0.25, 0.3) is 0 Å². The molecule has 0 spiro atoms. The van der Waals surface area contributed by atoms with E-state index in [-0.39, 0.29) is 12.0 Å². The van der Waals surface area contributed by atoms with Gasteiger partial charge in [0.1, 0.15) is 0 Å². The molecule has 1 saturated heterocycles. The van der Waals surface area contributed by atoms with Gasteiger partial charge in [0.25, 0.3) is 5.91 Å². The first-order chi connectivity index (χ1) is 8.06. The lowest BCUT2D eigenvalue weighted by atomic mass is 10.2. The van der Waals surface area contributed by atoms with Gasteiger partial charge in [-0.05, 0) is 25.1 Å². The Balaban J connectivity index is 2.18. The third-order valence-corrected chi connectivity index (χ3v) is 3.31. The molecule has 1 aromatic rings. The molecule has 3 nitrogen and oxygen atoms in total. The Morgan fingerprint density at radius 2 is 2.29 bits per heavy atom.